The summed E-state index contributed by atoms with van der Waals surface area (Å²) in [7, 11) is 0. The molecule has 1 aromatic rings. The number of nitrogens with zero attached hydrogens (tertiary/aromatic N) is 1. The van der Waals surface area contributed by atoms with Crippen LogP contribution in [-0.4, -0.2) is 40.3 Å². The zero-order valence-electron chi connectivity index (χ0n) is 10.3. The fourth-order valence-electron chi connectivity index (χ4n) is 1.55. The highest BCUT2D eigenvalue weighted by molar-refractivity contribution is 5.94. The molecule has 1 amide bonds. The Morgan fingerprint density at radius 3 is 2.42 bits per heavy atom. The van der Waals surface area contributed by atoms with E-state index in [9.17, 15) is 14.9 Å². The van der Waals surface area contributed by atoms with Gasteiger partial charge in [-0.15, -0.1) is 0 Å². The minimum atomic E-state index is -0.542. The molecule has 0 spiro atoms. The van der Waals surface area contributed by atoms with Crippen molar-refractivity contribution in [2.24, 2.45) is 0 Å². The average Bonchev–Trinajstić information content (AvgIpc) is 2.43. The van der Waals surface area contributed by atoms with Crippen LogP contribution < -0.4 is 5.32 Å². The number of nitro groups is 1. The van der Waals surface area contributed by atoms with Crippen molar-refractivity contribution in [3.05, 3.63) is 39.9 Å². The zero-order chi connectivity index (χ0) is 14.3. The Hall–Kier alpha value is -1.99. The number of aliphatic hydroxyl groups excluding tert-OH is 2. The van der Waals surface area contributed by atoms with E-state index in [4.69, 9.17) is 10.2 Å². The van der Waals surface area contributed by atoms with Gasteiger partial charge >= 0.3 is 0 Å². The summed E-state index contributed by atoms with van der Waals surface area (Å²) in [5, 5.41) is 30.8. The van der Waals surface area contributed by atoms with Gasteiger partial charge in [0.1, 0.15) is 0 Å². The summed E-state index contributed by atoms with van der Waals surface area (Å²) in [5.74, 6) is -0.410. The molecule has 0 aromatic heterocycles. The third-order valence-electron chi connectivity index (χ3n) is 2.61. The minimum absolute atomic E-state index is 0.0100. The van der Waals surface area contributed by atoms with Crippen LogP contribution in [0.2, 0.25) is 0 Å². The standard InChI is InChI=1S/C12H16N2O5/c15-7-1-2-10(8-16)13-12(17)9-3-5-11(6-4-9)14(18)19/h3-6,10,15-16H,1-2,7-8H2,(H,13,17). The van der Waals surface area contributed by atoms with E-state index in [0.29, 0.717) is 12.8 Å². The highest BCUT2D eigenvalue weighted by atomic mass is 16.6. The molecule has 1 atom stereocenters. The van der Waals surface area contributed by atoms with Crippen molar-refractivity contribution in [2.75, 3.05) is 13.2 Å². The van der Waals surface area contributed by atoms with Crippen molar-refractivity contribution in [3.8, 4) is 0 Å². The van der Waals surface area contributed by atoms with Gasteiger partial charge in [0.15, 0.2) is 0 Å². The Bertz CT molecular complexity index is 432. The number of non-ortho nitro benzene ring substituents is 1. The van der Waals surface area contributed by atoms with Gasteiger partial charge < -0.3 is 15.5 Å². The van der Waals surface area contributed by atoms with E-state index in [0.717, 1.165) is 0 Å². The monoisotopic (exact) mass is 268 g/mol. The molecule has 0 aliphatic rings. The Labute approximate surface area is 110 Å². The van der Waals surface area contributed by atoms with Crippen LogP contribution in [0.5, 0.6) is 0 Å². The fourth-order valence-corrected chi connectivity index (χ4v) is 1.55. The molecule has 3 N–H and O–H groups in total. The molecule has 0 fully saturated rings. The fraction of sp³-hybridized carbons (Fsp3) is 0.417. The van der Waals surface area contributed by atoms with E-state index in [1.54, 1.807) is 0 Å². The Balaban J connectivity index is 2.63. The molecule has 104 valence electrons. The molecule has 0 saturated carbocycles. The van der Waals surface area contributed by atoms with Crippen LogP contribution in [0, 0.1) is 10.1 Å². The Kier molecular flexibility index (Phi) is 5.91. The predicted molar refractivity (Wildman–Crippen MR) is 67.8 cm³/mol. The first kappa shape index (κ1) is 15.1. The number of hydrogen-bond donors (Lipinski definition) is 3. The van der Waals surface area contributed by atoms with Gasteiger partial charge in [0, 0.05) is 24.3 Å². The number of aliphatic hydroxyl groups is 2. The smallest absolute Gasteiger partial charge is 0.269 e. The first-order valence-corrected chi connectivity index (χ1v) is 5.85. The van der Waals surface area contributed by atoms with E-state index in [-0.39, 0.29) is 24.5 Å². The van der Waals surface area contributed by atoms with Crippen molar-refractivity contribution in [3.63, 3.8) is 0 Å². The maximum absolute atomic E-state index is 11.8. The number of rotatable bonds is 7. The van der Waals surface area contributed by atoms with E-state index in [1.807, 2.05) is 0 Å². The SMILES string of the molecule is O=C(NC(CO)CCCO)c1ccc([N+](=O)[O-])cc1. The Morgan fingerprint density at radius 2 is 1.95 bits per heavy atom. The quantitative estimate of drug-likeness (QED) is 0.491. The molecule has 0 radical (unpaired) electrons. The van der Waals surface area contributed by atoms with E-state index in [1.165, 1.54) is 24.3 Å². The van der Waals surface area contributed by atoms with Crippen LogP contribution in [0.3, 0.4) is 0 Å². The van der Waals surface area contributed by atoms with E-state index >= 15 is 0 Å². The lowest BCUT2D eigenvalue weighted by Gasteiger charge is -2.15. The van der Waals surface area contributed by atoms with Gasteiger partial charge in [0.05, 0.1) is 17.6 Å². The molecule has 0 bridgehead atoms. The van der Waals surface area contributed by atoms with Gasteiger partial charge in [0.25, 0.3) is 11.6 Å². The molecule has 0 aliphatic carbocycles. The van der Waals surface area contributed by atoms with Crippen molar-refractivity contribution >= 4 is 11.6 Å². The van der Waals surface area contributed by atoms with Crippen molar-refractivity contribution in [1.82, 2.24) is 5.32 Å². The predicted octanol–water partition coefficient (Wildman–Crippen LogP) is 0.458. The molecule has 1 rings (SSSR count). The van der Waals surface area contributed by atoms with Crippen LogP contribution >= 0.6 is 0 Å². The molecule has 1 aromatic carbocycles. The lowest BCUT2D eigenvalue weighted by molar-refractivity contribution is -0.384. The molecule has 19 heavy (non-hydrogen) atoms. The van der Waals surface area contributed by atoms with Gasteiger partial charge in [0.2, 0.25) is 0 Å². The molecule has 7 nitrogen and oxygen atoms in total. The number of carbonyl (C=O) groups excluding carboxylic acids is 1. The molecule has 1 unspecified atom stereocenters. The second-order valence-electron chi connectivity index (χ2n) is 4.02. The Morgan fingerprint density at radius 1 is 1.32 bits per heavy atom. The van der Waals surface area contributed by atoms with Crippen LogP contribution in [0.4, 0.5) is 5.69 Å². The summed E-state index contributed by atoms with van der Waals surface area (Å²) >= 11 is 0. The summed E-state index contributed by atoms with van der Waals surface area (Å²) in [5.41, 5.74) is 0.198. The minimum Gasteiger partial charge on any atom is -0.396 e. The first-order chi connectivity index (χ1) is 9.08. The highest BCUT2D eigenvalue weighted by Gasteiger charge is 2.13. The summed E-state index contributed by atoms with van der Waals surface area (Å²) in [6, 6.07) is 4.77. The van der Waals surface area contributed by atoms with Crippen molar-refractivity contribution in [2.45, 2.75) is 18.9 Å². The second-order valence-corrected chi connectivity index (χ2v) is 4.02. The van der Waals surface area contributed by atoms with E-state index in [2.05, 4.69) is 5.32 Å². The van der Waals surface area contributed by atoms with Crippen molar-refractivity contribution < 1.29 is 19.9 Å². The molecular weight excluding hydrogens is 252 g/mol. The van der Waals surface area contributed by atoms with Gasteiger partial charge in [-0.3, -0.25) is 14.9 Å². The molecule has 7 heteroatoms. The van der Waals surface area contributed by atoms with Crippen molar-refractivity contribution in [1.29, 1.82) is 0 Å². The maximum Gasteiger partial charge on any atom is 0.269 e. The third-order valence-corrected chi connectivity index (χ3v) is 2.61. The largest absolute Gasteiger partial charge is 0.396 e. The van der Waals surface area contributed by atoms with Crippen LogP contribution in [0.25, 0.3) is 0 Å². The number of nitrogens with one attached hydrogen (secondary N) is 1. The summed E-state index contributed by atoms with van der Waals surface area (Å²) in [6.07, 6.45) is 0.942. The normalized spacial score (nSPS) is 11.9. The van der Waals surface area contributed by atoms with Crippen LogP contribution in [0.15, 0.2) is 24.3 Å². The lowest BCUT2D eigenvalue weighted by Crippen LogP contribution is -2.37. The average molecular weight is 268 g/mol. The lowest BCUT2D eigenvalue weighted by atomic mass is 10.1. The topological polar surface area (TPSA) is 113 Å². The molecule has 0 saturated heterocycles. The maximum atomic E-state index is 11.8. The third kappa shape index (κ3) is 4.65. The van der Waals surface area contributed by atoms with Gasteiger partial charge in [-0.05, 0) is 25.0 Å². The molecule has 0 aliphatic heterocycles. The summed E-state index contributed by atoms with van der Waals surface area (Å²) in [4.78, 5) is 21.7. The number of amides is 1. The number of nitro benzene ring substituents is 1. The summed E-state index contributed by atoms with van der Waals surface area (Å²) in [6.45, 7) is -0.234. The number of hydrogen-bond acceptors (Lipinski definition) is 5. The van der Waals surface area contributed by atoms with Gasteiger partial charge in [-0.2, -0.15) is 0 Å². The zero-order valence-corrected chi connectivity index (χ0v) is 10.3. The second kappa shape index (κ2) is 7.45. The summed E-state index contributed by atoms with van der Waals surface area (Å²) < 4.78 is 0. The van der Waals surface area contributed by atoms with E-state index < -0.39 is 16.9 Å². The van der Waals surface area contributed by atoms with Gasteiger partial charge in [-0.25, -0.2) is 0 Å². The molecule has 0 heterocycles. The van der Waals surface area contributed by atoms with Gasteiger partial charge in [-0.1, -0.05) is 0 Å². The molecular formula is C12H16N2O5. The highest BCUT2D eigenvalue weighted by Crippen LogP contribution is 2.12. The first-order valence-electron chi connectivity index (χ1n) is 5.85. The van der Waals surface area contributed by atoms with Crippen LogP contribution in [-0.2, 0) is 0 Å². The number of carbonyl (C=O) groups is 1. The number of benzene rings is 1. The van der Waals surface area contributed by atoms with Crippen LogP contribution in [0.1, 0.15) is 23.2 Å².